The van der Waals surface area contributed by atoms with Crippen LogP contribution in [-0.4, -0.2) is 19.1 Å². The monoisotopic (exact) mass is 612 g/mol. The standard InChI is InChI=1S/C44H28N4/c1-4-14-29(15-5-1)31-24-25-35-36(28-31)45-43(30-16-6-2-7-17-30)44(46-35)48-38-23-13-11-21-34(38)42-40(48)27-26-39-41(42)33-20-10-12-22-37(33)47(39)32-18-8-3-9-19-32/h1-28H. The molecule has 224 valence electrons. The molecular weight excluding hydrogens is 585 g/mol. The van der Waals surface area contributed by atoms with Crippen LogP contribution in [0.15, 0.2) is 170 Å². The minimum Gasteiger partial charge on any atom is -0.309 e. The fraction of sp³-hybridized carbons (Fsp3) is 0. The van der Waals surface area contributed by atoms with Gasteiger partial charge >= 0.3 is 0 Å². The Labute approximate surface area is 276 Å². The molecule has 7 aromatic carbocycles. The molecule has 0 atom stereocenters. The van der Waals surface area contributed by atoms with Crippen molar-refractivity contribution in [2.24, 2.45) is 0 Å². The van der Waals surface area contributed by atoms with Crippen molar-refractivity contribution in [2.75, 3.05) is 0 Å². The Morgan fingerprint density at radius 1 is 0.354 bits per heavy atom. The topological polar surface area (TPSA) is 35.6 Å². The predicted molar refractivity (Wildman–Crippen MR) is 199 cm³/mol. The average molecular weight is 613 g/mol. The molecule has 0 saturated carbocycles. The first-order valence-electron chi connectivity index (χ1n) is 16.3. The molecule has 0 aliphatic carbocycles. The molecule has 0 aliphatic heterocycles. The van der Waals surface area contributed by atoms with E-state index in [0.29, 0.717) is 0 Å². The summed E-state index contributed by atoms with van der Waals surface area (Å²) in [6.07, 6.45) is 0. The van der Waals surface area contributed by atoms with Gasteiger partial charge in [-0.2, -0.15) is 0 Å². The van der Waals surface area contributed by atoms with Crippen LogP contribution in [-0.2, 0) is 0 Å². The lowest BCUT2D eigenvalue weighted by Gasteiger charge is -2.14. The Bertz CT molecular complexity index is 2810. The highest BCUT2D eigenvalue weighted by molar-refractivity contribution is 6.29. The van der Waals surface area contributed by atoms with Crippen molar-refractivity contribution in [3.8, 4) is 33.9 Å². The van der Waals surface area contributed by atoms with Crippen LogP contribution < -0.4 is 0 Å². The first-order chi connectivity index (χ1) is 23.8. The van der Waals surface area contributed by atoms with E-state index in [1.165, 1.54) is 32.6 Å². The quantitative estimate of drug-likeness (QED) is 0.198. The molecule has 10 aromatic rings. The molecule has 0 fully saturated rings. The minimum absolute atomic E-state index is 0.818. The van der Waals surface area contributed by atoms with Crippen LogP contribution in [0.3, 0.4) is 0 Å². The van der Waals surface area contributed by atoms with E-state index in [9.17, 15) is 0 Å². The second-order valence-electron chi connectivity index (χ2n) is 12.2. The maximum atomic E-state index is 5.42. The molecular formula is C44H28N4. The number of fused-ring (bicyclic) bond motifs is 8. The van der Waals surface area contributed by atoms with Crippen molar-refractivity contribution < 1.29 is 0 Å². The summed E-state index contributed by atoms with van der Waals surface area (Å²) >= 11 is 0. The molecule has 0 saturated heterocycles. The minimum atomic E-state index is 0.818. The Morgan fingerprint density at radius 2 is 0.896 bits per heavy atom. The second-order valence-corrected chi connectivity index (χ2v) is 12.2. The van der Waals surface area contributed by atoms with Crippen molar-refractivity contribution in [3.05, 3.63) is 170 Å². The van der Waals surface area contributed by atoms with E-state index in [1.54, 1.807) is 0 Å². The fourth-order valence-corrected chi connectivity index (χ4v) is 7.40. The molecule has 0 unspecified atom stereocenters. The summed E-state index contributed by atoms with van der Waals surface area (Å²) in [6, 6.07) is 59.9. The maximum absolute atomic E-state index is 5.42. The molecule has 0 spiro atoms. The molecule has 48 heavy (non-hydrogen) atoms. The van der Waals surface area contributed by atoms with Crippen molar-refractivity contribution in [1.82, 2.24) is 19.1 Å². The van der Waals surface area contributed by atoms with Gasteiger partial charge in [0.1, 0.15) is 5.69 Å². The second kappa shape index (κ2) is 10.5. The lowest BCUT2D eigenvalue weighted by atomic mass is 10.0. The normalized spacial score (nSPS) is 11.8. The van der Waals surface area contributed by atoms with Gasteiger partial charge in [-0.1, -0.05) is 121 Å². The van der Waals surface area contributed by atoms with Crippen LogP contribution in [0.2, 0.25) is 0 Å². The summed E-state index contributed by atoms with van der Waals surface area (Å²) in [5, 5.41) is 4.87. The van der Waals surface area contributed by atoms with Gasteiger partial charge in [-0.25, -0.2) is 9.97 Å². The first-order valence-corrected chi connectivity index (χ1v) is 16.3. The Kier molecular flexibility index (Phi) is 5.84. The van der Waals surface area contributed by atoms with Crippen LogP contribution in [0.5, 0.6) is 0 Å². The Hall–Kier alpha value is -6.52. The van der Waals surface area contributed by atoms with E-state index in [1.807, 2.05) is 12.1 Å². The van der Waals surface area contributed by atoms with E-state index in [0.717, 1.165) is 56.0 Å². The lowest BCUT2D eigenvalue weighted by molar-refractivity contribution is 1.08. The number of rotatable bonds is 4. The molecule has 0 amide bonds. The zero-order valence-electron chi connectivity index (χ0n) is 26.0. The van der Waals surface area contributed by atoms with Crippen molar-refractivity contribution >= 4 is 54.6 Å². The molecule has 4 heteroatoms. The van der Waals surface area contributed by atoms with E-state index >= 15 is 0 Å². The molecule has 4 nitrogen and oxygen atoms in total. The highest BCUT2D eigenvalue weighted by Crippen LogP contribution is 2.43. The van der Waals surface area contributed by atoms with Crippen LogP contribution >= 0.6 is 0 Å². The van der Waals surface area contributed by atoms with Crippen LogP contribution in [0.1, 0.15) is 0 Å². The summed E-state index contributed by atoms with van der Waals surface area (Å²) < 4.78 is 4.70. The van der Waals surface area contributed by atoms with E-state index in [2.05, 4.69) is 167 Å². The van der Waals surface area contributed by atoms with Gasteiger partial charge in [-0.05, 0) is 59.7 Å². The summed E-state index contributed by atoms with van der Waals surface area (Å²) in [6.45, 7) is 0. The van der Waals surface area contributed by atoms with Crippen LogP contribution in [0.25, 0.3) is 88.5 Å². The number of aromatic nitrogens is 4. The number of para-hydroxylation sites is 3. The fourth-order valence-electron chi connectivity index (χ4n) is 7.40. The lowest BCUT2D eigenvalue weighted by Crippen LogP contribution is -2.03. The summed E-state index contributed by atoms with van der Waals surface area (Å²) in [5.41, 5.74) is 11.6. The Balaban J connectivity index is 1.32. The third-order valence-corrected chi connectivity index (χ3v) is 9.50. The van der Waals surface area contributed by atoms with Gasteiger partial charge in [-0.3, -0.25) is 4.57 Å². The first kappa shape index (κ1) is 26.7. The van der Waals surface area contributed by atoms with E-state index < -0.39 is 0 Å². The van der Waals surface area contributed by atoms with Crippen molar-refractivity contribution in [3.63, 3.8) is 0 Å². The highest BCUT2D eigenvalue weighted by atomic mass is 15.1. The van der Waals surface area contributed by atoms with Crippen LogP contribution in [0.4, 0.5) is 0 Å². The third kappa shape index (κ3) is 3.96. The number of nitrogens with zero attached hydrogens (tertiary/aromatic N) is 4. The van der Waals surface area contributed by atoms with Gasteiger partial charge in [0, 0.05) is 32.8 Å². The molecule has 3 heterocycles. The van der Waals surface area contributed by atoms with Crippen molar-refractivity contribution in [2.45, 2.75) is 0 Å². The number of hydrogen-bond acceptors (Lipinski definition) is 2. The largest absolute Gasteiger partial charge is 0.309 e. The SMILES string of the molecule is c1ccc(-c2ccc3nc(-n4c5ccccc5c5c6c7ccccc7n(-c7ccccc7)c6ccc54)c(-c4ccccc4)nc3c2)cc1. The summed E-state index contributed by atoms with van der Waals surface area (Å²) in [5.74, 6) is 0.818. The highest BCUT2D eigenvalue weighted by Gasteiger charge is 2.23. The zero-order chi connectivity index (χ0) is 31.6. The number of hydrogen-bond donors (Lipinski definition) is 0. The average Bonchev–Trinajstić information content (AvgIpc) is 3.68. The molecule has 0 aliphatic rings. The summed E-state index contributed by atoms with van der Waals surface area (Å²) in [4.78, 5) is 10.8. The summed E-state index contributed by atoms with van der Waals surface area (Å²) in [7, 11) is 0. The number of benzene rings is 7. The molecule has 10 rings (SSSR count). The van der Waals surface area contributed by atoms with Crippen molar-refractivity contribution in [1.29, 1.82) is 0 Å². The molecule has 3 aromatic heterocycles. The van der Waals surface area contributed by atoms with Gasteiger partial charge in [0.05, 0.1) is 33.1 Å². The molecule has 0 radical (unpaired) electrons. The molecule has 0 N–H and O–H groups in total. The van der Waals surface area contributed by atoms with Gasteiger partial charge in [-0.15, -0.1) is 0 Å². The predicted octanol–water partition coefficient (Wildman–Crippen LogP) is 11.2. The van der Waals surface area contributed by atoms with Gasteiger partial charge in [0.25, 0.3) is 0 Å². The van der Waals surface area contributed by atoms with E-state index in [4.69, 9.17) is 9.97 Å². The molecule has 0 bridgehead atoms. The zero-order valence-corrected chi connectivity index (χ0v) is 26.0. The van der Waals surface area contributed by atoms with Gasteiger partial charge in [0.2, 0.25) is 0 Å². The van der Waals surface area contributed by atoms with Gasteiger partial charge in [0.15, 0.2) is 5.82 Å². The third-order valence-electron chi connectivity index (χ3n) is 9.50. The maximum Gasteiger partial charge on any atom is 0.165 e. The Morgan fingerprint density at radius 3 is 1.56 bits per heavy atom. The van der Waals surface area contributed by atoms with E-state index in [-0.39, 0.29) is 0 Å². The van der Waals surface area contributed by atoms with Crippen LogP contribution in [0, 0.1) is 0 Å². The van der Waals surface area contributed by atoms with Gasteiger partial charge < -0.3 is 4.57 Å². The smallest absolute Gasteiger partial charge is 0.165 e.